The van der Waals surface area contributed by atoms with Crippen LogP contribution >= 0.6 is 23.2 Å². The Morgan fingerprint density at radius 2 is 1.76 bits per heavy atom. The fourth-order valence-electron chi connectivity index (χ4n) is 1.97. The summed E-state index contributed by atoms with van der Waals surface area (Å²) in [5.74, 6) is 0.386. The van der Waals surface area contributed by atoms with Crippen LogP contribution in [0.25, 0.3) is 0 Å². The van der Waals surface area contributed by atoms with E-state index in [4.69, 9.17) is 38.4 Å². The monoisotopic (exact) mass is 325 g/mol. The van der Waals surface area contributed by atoms with Crippen molar-refractivity contribution >= 4 is 34.7 Å². The largest absolute Gasteiger partial charge is 0.495 e. The first-order valence-corrected chi connectivity index (χ1v) is 6.75. The third kappa shape index (κ3) is 2.91. The number of carbonyl (C=O) groups excluding carboxylic acids is 1. The molecule has 0 aliphatic heterocycles. The summed E-state index contributed by atoms with van der Waals surface area (Å²) in [6, 6.07) is 7.90. The van der Waals surface area contributed by atoms with E-state index in [9.17, 15) is 4.79 Å². The molecule has 0 radical (unpaired) electrons. The van der Waals surface area contributed by atoms with Gasteiger partial charge < -0.3 is 15.2 Å². The fraction of sp³-hybridized carbons (Fsp3) is 0.133. The summed E-state index contributed by atoms with van der Waals surface area (Å²) in [4.78, 5) is 12.6. The number of ketones is 1. The topological polar surface area (TPSA) is 61.5 Å². The van der Waals surface area contributed by atoms with Crippen molar-refractivity contribution in [3.8, 4) is 11.5 Å². The Hall–Kier alpha value is -1.91. The molecule has 0 unspecified atom stereocenters. The normalized spacial score (nSPS) is 10.3. The van der Waals surface area contributed by atoms with E-state index in [1.807, 2.05) is 0 Å². The van der Waals surface area contributed by atoms with E-state index in [2.05, 4.69) is 0 Å². The van der Waals surface area contributed by atoms with Crippen molar-refractivity contribution in [2.75, 3.05) is 20.0 Å². The summed E-state index contributed by atoms with van der Waals surface area (Å²) in [5, 5.41) is 0.541. The van der Waals surface area contributed by atoms with Gasteiger partial charge in [0.2, 0.25) is 0 Å². The molecule has 2 N–H and O–H groups in total. The minimum absolute atomic E-state index is 0.241. The summed E-state index contributed by atoms with van der Waals surface area (Å²) >= 11 is 12.2. The highest BCUT2D eigenvalue weighted by Crippen LogP contribution is 2.34. The van der Waals surface area contributed by atoms with Gasteiger partial charge in [-0.2, -0.15) is 0 Å². The predicted octanol–water partition coefficient (Wildman–Crippen LogP) is 3.82. The van der Waals surface area contributed by atoms with E-state index in [-0.39, 0.29) is 16.4 Å². The molecular weight excluding hydrogens is 313 g/mol. The van der Waals surface area contributed by atoms with Gasteiger partial charge in [-0.3, -0.25) is 4.79 Å². The Balaban J connectivity index is 2.56. The van der Waals surface area contributed by atoms with Crippen LogP contribution in [0.15, 0.2) is 30.3 Å². The van der Waals surface area contributed by atoms with Crippen LogP contribution in [-0.4, -0.2) is 20.0 Å². The summed E-state index contributed by atoms with van der Waals surface area (Å²) in [6.07, 6.45) is 0. The third-order valence-electron chi connectivity index (χ3n) is 2.98. The second-order valence-electron chi connectivity index (χ2n) is 4.22. The van der Waals surface area contributed by atoms with Crippen molar-refractivity contribution in [1.82, 2.24) is 0 Å². The number of nitrogens with two attached hydrogens (primary N) is 1. The van der Waals surface area contributed by atoms with Crippen LogP contribution in [0, 0.1) is 0 Å². The zero-order valence-corrected chi connectivity index (χ0v) is 13.0. The summed E-state index contributed by atoms with van der Waals surface area (Å²) < 4.78 is 10.2. The third-order valence-corrected chi connectivity index (χ3v) is 3.59. The number of ether oxygens (including phenoxy) is 2. The number of anilines is 1. The molecule has 0 spiro atoms. The van der Waals surface area contributed by atoms with E-state index in [0.29, 0.717) is 27.8 Å². The zero-order chi connectivity index (χ0) is 15.6. The molecule has 4 nitrogen and oxygen atoms in total. The molecule has 0 aromatic heterocycles. The van der Waals surface area contributed by atoms with Gasteiger partial charge in [0, 0.05) is 11.6 Å². The lowest BCUT2D eigenvalue weighted by Crippen LogP contribution is -2.07. The van der Waals surface area contributed by atoms with Gasteiger partial charge in [0.15, 0.2) is 11.5 Å². The average Bonchev–Trinajstić information content (AvgIpc) is 2.48. The maximum Gasteiger partial charge on any atom is 0.198 e. The van der Waals surface area contributed by atoms with Gasteiger partial charge in [-0.15, -0.1) is 0 Å². The van der Waals surface area contributed by atoms with E-state index < -0.39 is 0 Å². The molecule has 6 heteroatoms. The quantitative estimate of drug-likeness (QED) is 0.685. The molecule has 0 aliphatic carbocycles. The van der Waals surface area contributed by atoms with Crippen LogP contribution in [0.3, 0.4) is 0 Å². The van der Waals surface area contributed by atoms with Crippen molar-refractivity contribution < 1.29 is 14.3 Å². The first-order valence-electron chi connectivity index (χ1n) is 5.99. The summed E-state index contributed by atoms with van der Waals surface area (Å²) in [6.45, 7) is 0. The minimum Gasteiger partial charge on any atom is -0.495 e. The molecule has 0 saturated carbocycles. The number of hydrogen-bond donors (Lipinski definition) is 1. The molecule has 110 valence electrons. The number of hydrogen-bond acceptors (Lipinski definition) is 4. The Morgan fingerprint density at radius 3 is 2.38 bits per heavy atom. The highest BCUT2D eigenvalue weighted by molar-refractivity contribution is 6.37. The molecule has 2 aromatic carbocycles. The van der Waals surface area contributed by atoms with Crippen molar-refractivity contribution in [1.29, 1.82) is 0 Å². The lowest BCUT2D eigenvalue weighted by molar-refractivity contribution is 0.103. The van der Waals surface area contributed by atoms with Gasteiger partial charge in [-0.25, -0.2) is 0 Å². The SMILES string of the molecule is COc1cc(Cl)c(C(=O)c2cccc(N)c2OC)cc1Cl. The Labute approximate surface area is 132 Å². The lowest BCUT2D eigenvalue weighted by atomic mass is 10.0. The maximum atomic E-state index is 12.6. The molecule has 0 aliphatic rings. The number of halogens is 2. The highest BCUT2D eigenvalue weighted by Gasteiger charge is 2.20. The number of carbonyl (C=O) groups is 1. The van der Waals surface area contributed by atoms with E-state index in [1.54, 1.807) is 18.2 Å². The van der Waals surface area contributed by atoms with Crippen LogP contribution in [0.4, 0.5) is 5.69 Å². The minimum atomic E-state index is -0.325. The molecule has 0 bridgehead atoms. The van der Waals surface area contributed by atoms with Gasteiger partial charge in [-0.1, -0.05) is 29.3 Å². The molecule has 0 saturated heterocycles. The van der Waals surface area contributed by atoms with E-state index >= 15 is 0 Å². The van der Waals surface area contributed by atoms with Crippen LogP contribution in [0.5, 0.6) is 11.5 Å². The number of nitrogen functional groups attached to an aromatic ring is 1. The summed E-state index contributed by atoms with van der Waals surface area (Å²) in [5.41, 5.74) is 6.76. The van der Waals surface area contributed by atoms with Crippen molar-refractivity contribution in [3.05, 3.63) is 51.5 Å². The van der Waals surface area contributed by atoms with Gasteiger partial charge in [0.05, 0.1) is 35.5 Å². The molecule has 2 rings (SSSR count). The van der Waals surface area contributed by atoms with Gasteiger partial charge >= 0.3 is 0 Å². The van der Waals surface area contributed by atoms with Gasteiger partial charge in [0.1, 0.15) is 5.75 Å². The lowest BCUT2D eigenvalue weighted by Gasteiger charge is -2.12. The van der Waals surface area contributed by atoms with Crippen LogP contribution in [-0.2, 0) is 0 Å². The molecule has 21 heavy (non-hydrogen) atoms. The molecule has 0 amide bonds. The number of para-hydroxylation sites is 1. The molecule has 0 fully saturated rings. The molecule has 0 heterocycles. The number of benzene rings is 2. The van der Waals surface area contributed by atoms with Crippen molar-refractivity contribution in [2.24, 2.45) is 0 Å². The fourth-order valence-corrected chi connectivity index (χ4v) is 2.45. The van der Waals surface area contributed by atoms with Gasteiger partial charge in [-0.05, 0) is 18.2 Å². The second-order valence-corrected chi connectivity index (χ2v) is 5.04. The Kier molecular flexibility index (Phi) is 4.60. The Morgan fingerprint density at radius 1 is 1.05 bits per heavy atom. The second kappa shape index (κ2) is 6.24. The Bertz CT molecular complexity index is 702. The molecule has 2 aromatic rings. The van der Waals surface area contributed by atoms with Crippen LogP contribution in [0.1, 0.15) is 15.9 Å². The standard InChI is InChI=1S/C15H13Cl2NO3/c1-20-13-7-10(16)9(6-11(13)17)14(19)8-4-3-5-12(18)15(8)21-2/h3-7H,18H2,1-2H3. The smallest absolute Gasteiger partial charge is 0.198 e. The van der Waals surface area contributed by atoms with E-state index in [1.165, 1.54) is 26.4 Å². The van der Waals surface area contributed by atoms with Gasteiger partial charge in [0.25, 0.3) is 0 Å². The first kappa shape index (κ1) is 15.5. The number of rotatable bonds is 4. The molecule has 0 atom stereocenters. The molecular formula is C15H13Cl2NO3. The van der Waals surface area contributed by atoms with Crippen molar-refractivity contribution in [2.45, 2.75) is 0 Å². The zero-order valence-electron chi connectivity index (χ0n) is 11.4. The first-order chi connectivity index (χ1) is 9.99. The maximum absolute atomic E-state index is 12.6. The summed E-state index contributed by atoms with van der Waals surface area (Å²) in [7, 11) is 2.92. The average molecular weight is 326 g/mol. The van der Waals surface area contributed by atoms with Crippen LogP contribution < -0.4 is 15.2 Å². The number of methoxy groups -OCH3 is 2. The van der Waals surface area contributed by atoms with Crippen LogP contribution in [0.2, 0.25) is 10.0 Å². The highest BCUT2D eigenvalue weighted by atomic mass is 35.5. The van der Waals surface area contributed by atoms with Crippen molar-refractivity contribution in [3.63, 3.8) is 0 Å². The van der Waals surface area contributed by atoms with E-state index in [0.717, 1.165) is 0 Å². The predicted molar refractivity (Wildman–Crippen MR) is 83.9 cm³/mol.